The highest BCUT2D eigenvalue weighted by Gasteiger charge is 2.16. The maximum absolute atomic E-state index is 2.39. The fourth-order valence-corrected chi connectivity index (χ4v) is 3.31. The summed E-state index contributed by atoms with van der Waals surface area (Å²) < 4.78 is 0. The summed E-state index contributed by atoms with van der Waals surface area (Å²) in [5, 5.41) is 0. The van der Waals surface area contributed by atoms with Crippen molar-refractivity contribution in [3.05, 3.63) is 64.2 Å². The molecule has 0 aromatic heterocycles. The molecular weight excluding hydrogens is 264 g/mol. The van der Waals surface area contributed by atoms with Crippen LogP contribution in [0.4, 0.5) is 0 Å². The van der Waals surface area contributed by atoms with Crippen LogP contribution in [0.3, 0.4) is 0 Å². The summed E-state index contributed by atoms with van der Waals surface area (Å²) >= 11 is 0. The van der Waals surface area contributed by atoms with Crippen LogP contribution in [0.2, 0.25) is 0 Å². The lowest BCUT2D eigenvalue weighted by molar-refractivity contribution is 0.834. The van der Waals surface area contributed by atoms with Crippen LogP contribution in [0.5, 0.6) is 0 Å². The number of allylic oxidation sites excluding steroid dienone is 1. The second-order valence-corrected chi connectivity index (χ2v) is 7.13. The van der Waals surface area contributed by atoms with Crippen molar-refractivity contribution in [1.29, 1.82) is 0 Å². The molecule has 2 aromatic rings. The lowest BCUT2D eigenvalue weighted by Gasteiger charge is -2.18. The van der Waals surface area contributed by atoms with Crippen molar-refractivity contribution in [2.45, 2.75) is 52.9 Å². The molecule has 0 unspecified atom stereocenters. The molecule has 0 atom stereocenters. The van der Waals surface area contributed by atoms with E-state index in [0.717, 1.165) is 6.42 Å². The van der Waals surface area contributed by atoms with E-state index in [1.54, 1.807) is 0 Å². The first-order chi connectivity index (χ1) is 10.5. The third kappa shape index (κ3) is 2.63. The van der Waals surface area contributed by atoms with Gasteiger partial charge in [0.25, 0.3) is 0 Å². The minimum atomic E-state index is 0.560. The number of hydrogen-bond donors (Lipinski definition) is 0. The molecule has 0 heterocycles. The van der Waals surface area contributed by atoms with Crippen LogP contribution in [-0.4, -0.2) is 0 Å². The predicted molar refractivity (Wildman–Crippen MR) is 97.5 cm³/mol. The molecule has 0 amide bonds. The van der Waals surface area contributed by atoms with Gasteiger partial charge in [-0.2, -0.15) is 0 Å². The fourth-order valence-electron chi connectivity index (χ4n) is 3.31. The number of hydrogen-bond acceptors (Lipinski definition) is 0. The Balaban J connectivity index is 2.25. The number of aryl methyl sites for hydroxylation is 1. The molecule has 0 bridgehead atoms. The Morgan fingerprint density at radius 1 is 0.864 bits per heavy atom. The third-order valence-corrected chi connectivity index (χ3v) is 4.77. The van der Waals surface area contributed by atoms with Crippen LogP contribution in [0.15, 0.2) is 36.4 Å². The molecule has 22 heavy (non-hydrogen) atoms. The highest BCUT2D eigenvalue weighted by Crippen LogP contribution is 2.37. The standard InChI is InChI=1S/C22H26/c1-14(2)18-11-19(15(3)4)13-20(12-18)22-16(5)9-10-17-7-6-8-21(17)22/h6,8-15H,7H2,1-5H3. The molecule has 1 aliphatic carbocycles. The second kappa shape index (κ2) is 5.76. The van der Waals surface area contributed by atoms with Crippen molar-refractivity contribution in [1.82, 2.24) is 0 Å². The quantitative estimate of drug-likeness (QED) is 0.607. The van der Waals surface area contributed by atoms with Gasteiger partial charge in [0.15, 0.2) is 0 Å². The molecule has 0 aliphatic heterocycles. The van der Waals surface area contributed by atoms with Gasteiger partial charge in [0.2, 0.25) is 0 Å². The van der Waals surface area contributed by atoms with Gasteiger partial charge in [-0.05, 0) is 64.1 Å². The van der Waals surface area contributed by atoms with E-state index in [1.165, 1.54) is 38.9 Å². The lowest BCUT2D eigenvalue weighted by atomic mass is 9.87. The molecule has 0 heteroatoms. The molecule has 0 nitrogen and oxygen atoms in total. The van der Waals surface area contributed by atoms with E-state index >= 15 is 0 Å². The molecular formula is C22H26. The molecule has 0 radical (unpaired) electrons. The van der Waals surface area contributed by atoms with Crippen LogP contribution in [0.1, 0.15) is 67.3 Å². The zero-order chi connectivity index (χ0) is 15.9. The van der Waals surface area contributed by atoms with E-state index in [1.807, 2.05) is 0 Å². The van der Waals surface area contributed by atoms with Crippen molar-refractivity contribution in [3.8, 4) is 11.1 Å². The Morgan fingerprint density at radius 2 is 1.50 bits per heavy atom. The zero-order valence-electron chi connectivity index (χ0n) is 14.4. The highest BCUT2D eigenvalue weighted by atomic mass is 14.2. The first-order valence-corrected chi connectivity index (χ1v) is 8.41. The van der Waals surface area contributed by atoms with Gasteiger partial charge in [0, 0.05) is 0 Å². The van der Waals surface area contributed by atoms with E-state index in [2.05, 4.69) is 77.1 Å². The summed E-state index contributed by atoms with van der Waals surface area (Å²) in [5.41, 5.74) is 9.96. The van der Waals surface area contributed by atoms with Crippen molar-refractivity contribution >= 4 is 6.08 Å². The second-order valence-electron chi connectivity index (χ2n) is 7.13. The zero-order valence-corrected chi connectivity index (χ0v) is 14.4. The van der Waals surface area contributed by atoms with Gasteiger partial charge in [-0.3, -0.25) is 0 Å². The summed E-state index contributed by atoms with van der Waals surface area (Å²) in [6, 6.07) is 11.7. The van der Waals surface area contributed by atoms with Gasteiger partial charge >= 0.3 is 0 Å². The lowest BCUT2D eigenvalue weighted by Crippen LogP contribution is -1.97. The minimum absolute atomic E-state index is 0.560. The van der Waals surface area contributed by atoms with Gasteiger partial charge in [0.05, 0.1) is 0 Å². The smallest absolute Gasteiger partial charge is 0.00792 e. The SMILES string of the molecule is Cc1ccc2c(c1-c1cc(C(C)C)cc(C(C)C)c1)C=CC2. The molecule has 0 saturated carbocycles. The predicted octanol–water partition coefficient (Wildman–Crippen LogP) is 6.48. The topological polar surface area (TPSA) is 0 Å². The van der Waals surface area contributed by atoms with Crippen LogP contribution in [0, 0.1) is 6.92 Å². The van der Waals surface area contributed by atoms with Crippen LogP contribution < -0.4 is 0 Å². The Hall–Kier alpha value is -1.82. The molecule has 3 rings (SSSR count). The number of benzene rings is 2. The summed E-state index contributed by atoms with van der Waals surface area (Å²) in [5.74, 6) is 1.12. The Bertz CT molecular complexity index is 704. The normalized spacial score (nSPS) is 13.2. The monoisotopic (exact) mass is 290 g/mol. The van der Waals surface area contributed by atoms with Gasteiger partial charge in [-0.1, -0.05) is 70.2 Å². The molecule has 1 aliphatic rings. The average molecular weight is 290 g/mol. The third-order valence-electron chi connectivity index (χ3n) is 4.77. The summed E-state index contributed by atoms with van der Waals surface area (Å²) in [4.78, 5) is 0. The molecule has 0 fully saturated rings. The van der Waals surface area contributed by atoms with E-state index in [0.29, 0.717) is 11.8 Å². The maximum atomic E-state index is 2.39. The maximum Gasteiger partial charge on any atom is -0.00792 e. The van der Waals surface area contributed by atoms with Gasteiger partial charge in [-0.25, -0.2) is 0 Å². The first-order valence-electron chi connectivity index (χ1n) is 8.41. The van der Waals surface area contributed by atoms with E-state index in [9.17, 15) is 0 Å². The Morgan fingerprint density at radius 3 is 2.09 bits per heavy atom. The average Bonchev–Trinajstić information content (AvgIpc) is 2.94. The minimum Gasteiger partial charge on any atom is -0.0795 e. The Kier molecular flexibility index (Phi) is 3.95. The van der Waals surface area contributed by atoms with Crippen LogP contribution in [-0.2, 0) is 6.42 Å². The summed E-state index contributed by atoms with van der Waals surface area (Å²) in [6.45, 7) is 11.4. The summed E-state index contributed by atoms with van der Waals surface area (Å²) in [6.07, 6.45) is 5.65. The first kappa shape index (κ1) is 15.1. The van der Waals surface area contributed by atoms with E-state index < -0.39 is 0 Å². The van der Waals surface area contributed by atoms with Crippen molar-refractivity contribution in [3.63, 3.8) is 0 Å². The molecule has 0 N–H and O–H groups in total. The van der Waals surface area contributed by atoms with Gasteiger partial charge < -0.3 is 0 Å². The van der Waals surface area contributed by atoms with Crippen molar-refractivity contribution in [2.75, 3.05) is 0 Å². The van der Waals surface area contributed by atoms with Crippen LogP contribution >= 0.6 is 0 Å². The van der Waals surface area contributed by atoms with Crippen molar-refractivity contribution in [2.24, 2.45) is 0 Å². The highest BCUT2D eigenvalue weighted by molar-refractivity contribution is 5.82. The summed E-state index contributed by atoms with van der Waals surface area (Å²) in [7, 11) is 0. The number of fused-ring (bicyclic) bond motifs is 1. The van der Waals surface area contributed by atoms with E-state index in [4.69, 9.17) is 0 Å². The molecule has 0 saturated heterocycles. The molecule has 114 valence electrons. The largest absolute Gasteiger partial charge is 0.0795 e. The van der Waals surface area contributed by atoms with Crippen LogP contribution in [0.25, 0.3) is 17.2 Å². The van der Waals surface area contributed by atoms with Crippen molar-refractivity contribution < 1.29 is 0 Å². The molecule has 0 spiro atoms. The Labute approximate surface area is 134 Å². The van der Waals surface area contributed by atoms with Gasteiger partial charge in [0.1, 0.15) is 0 Å². The molecule has 2 aromatic carbocycles. The fraction of sp³-hybridized carbons (Fsp3) is 0.364. The van der Waals surface area contributed by atoms with E-state index in [-0.39, 0.29) is 0 Å². The van der Waals surface area contributed by atoms with Gasteiger partial charge in [-0.15, -0.1) is 0 Å². The number of rotatable bonds is 3.